The Kier molecular flexibility index (Phi) is 4.95. The van der Waals surface area contributed by atoms with Crippen molar-refractivity contribution in [1.82, 2.24) is 8.87 Å². The Bertz CT molecular complexity index is 779. The number of halogens is 1. The number of aromatic hydroxyl groups is 1. The van der Waals surface area contributed by atoms with Gasteiger partial charge >= 0.3 is 0 Å². The van der Waals surface area contributed by atoms with Crippen molar-refractivity contribution in [2.45, 2.75) is 43.9 Å². The largest absolute Gasteiger partial charge is 0.505 e. The summed E-state index contributed by atoms with van der Waals surface area (Å²) >= 11 is 5.52. The van der Waals surface area contributed by atoms with E-state index in [0.717, 1.165) is 21.3 Å². The van der Waals surface area contributed by atoms with E-state index in [-0.39, 0.29) is 0 Å². The minimum Gasteiger partial charge on any atom is -0.505 e. The molecule has 1 aliphatic carbocycles. The monoisotopic (exact) mass is 423 g/mol. The Balaban J connectivity index is 1.73. The molecule has 2 heterocycles. The second kappa shape index (κ2) is 7.05. The molecular formula is C19H26BrN3OS. The van der Waals surface area contributed by atoms with Crippen molar-refractivity contribution in [1.29, 1.82) is 0 Å². The third-order valence-electron chi connectivity index (χ3n) is 5.19. The van der Waals surface area contributed by atoms with Crippen molar-refractivity contribution in [2.75, 3.05) is 32.1 Å². The van der Waals surface area contributed by atoms with Crippen molar-refractivity contribution >= 4 is 44.5 Å². The van der Waals surface area contributed by atoms with E-state index in [0.29, 0.717) is 11.8 Å². The Morgan fingerprint density at radius 2 is 1.92 bits per heavy atom. The van der Waals surface area contributed by atoms with Gasteiger partial charge in [-0.1, -0.05) is 18.4 Å². The predicted molar refractivity (Wildman–Crippen MR) is 111 cm³/mol. The van der Waals surface area contributed by atoms with Gasteiger partial charge in [-0.05, 0) is 53.7 Å². The highest BCUT2D eigenvalue weighted by Gasteiger charge is 2.29. The summed E-state index contributed by atoms with van der Waals surface area (Å²) in [5.41, 5.74) is 3.53. The Morgan fingerprint density at radius 3 is 2.56 bits per heavy atom. The summed E-state index contributed by atoms with van der Waals surface area (Å²) in [5, 5.41) is 11.7. The third kappa shape index (κ3) is 3.40. The fourth-order valence-corrected chi connectivity index (χ4v) is 5.30. The van der Waals surface area contributed by atoms with Crippen molar-refractivity contribution in [3.05, 3.63) is 22.3 Å². The number of nitrogens with zero attached hydrogens (tertiary/aromatic N) is 3. The molecule has 2 aromatic rings. The summed E-state index contributed by atoms with van der Waals surface area (Å²) in [6.45, 7) is 2.42. The molecule has 2 fully saturated rings. The van der Waals surface area contributed by atoms with E-state index < -0.39 is 0 Å². The van der Waals surface area contributed by atoms with Crippen LogP contribution in [-0.4, -0.2) is 41.2 Å². The van der Waals surface area contributed by atoms with Crippen LogP contribution >= 0.6 is 27.9 Å². The molecule has 25 heavy (non-hydrogen) atoms. The third-order valence-corrected chi connectivity index (χ3v) is 6.95. The van der Waals surface area contributed by atoms with Crippen LogP contribution in [0.15, 0.2) is 16.6 Å². The van der Waals surface area contributed by atoms with Gasteiger partial charge in [0.2, 0.25) is 0 Å². The van der Waals surface area contributed by atoms with Crippen LogP contribution in [0.4, 0.5) is 5.69 Å². The first-order chi connectivity index (χ1) is 12.1. The van der Waals surface area contributed by atoms with Crippen LogP contribution in [-0.2, 0) is 5.75 Å². The van der Waals surface area contributed by atoms with E-state index in [9.17, 15) is 5.11 Å². The summed E-state index contributed by atoms with van der Waals surface area (Å²) < 4.78 is 5.82. The summed E-state index contributed by atoms with van der Waals surface area (Å²) in [6, 6.07) is 5.01. The molecule has 4 rings (SSSR count). The average molecular weight is 424 g/mol. The molecule has 1 N–H and O–H groups in total. The smallest absolute Gasteiger partial charge is 0.153 e. The number of hydrogen-bond donors (Lipinski definition) is 1. The van der Waals surface area contributed by atoms with Crippen LogP contribution in [0.5, 0.6) is 5.75 Å². The Morgan fingerprint density at radius 1 is 1.20 bits per heavy atom. The molecule has 1 saturated heterocycles. The number of fused-ring (bicyclic) bond motifs is 1. The van der Waals surface area contributed by atoms with Crippen molar-refractivity contribution in [3.63, 3.8) is 0 Å². The summed E-state index contributed by atoms with van der Waals surface area (Å²) in [4.78, 5) is 2.02. The summed E-state index contributed by atoms with van der Waals surface area (Å²) in [6.07, 6.45) is 6.55. The second-order valence-corrected chi connectivity index (χ2v) is 9.30. The van der Waals surface area contributed by atoms with Gasteiger partial charge in [0, 0.05) is 50.1 Å². The Labute approximate surface area is 162 Å². The number of benzene rings is 1. The molecule has 0 atom stereocenters. The molecule has 1 aromatic carbocycles. The first-order valence-corrected chi connectivity index (χ1v) is 10.9. The first kappa shape index (κ1) is 17.6. The van der Waals surface area contributed by atoms with Crippen LogP contribution in [0.2, 0.25) is 0 Å². The zero-order chi connectivity index (χ0) is 17.6. The maximum absolute atomic E-state index is 10.5. The van der Waals surface area contributed by atoms with E-state index in [1.807, 2.05) is 30.9 Å². The van der Waals surface area contributed by atoms with Crippen LogP contribution < -0.4 is 4.90 Å². The standard InChI is InChI=1S/C19H26BrN3OS/c1-21(2)18-15-10-14(12-25-22-8-4-3-5-9-22)23(13-6-7-13)17(15)11-16(20)19(18)24/h10-11,13,24H,3-9,12H2,1-2H3. The van der Waals surface area contributed by atoms with E-state index in [2.05, 4.69) is 36.9 Å². The van der Waals surface area contributed by atoms with Gasteiger partial charge in [0.1, 0.15) is 0 Å². The maximum atomic E-state index is 10.5. The molecular weight excluding hydrogens is 398 g/mol. The number of aromatic nitrogens is 1. The average Bonchev–Trinajstić information content (AvgIpc) is 3.37. The van der Waals surface area contributed by atoms with Gasteiger partial charge < -0.3 is 14.6 Å². The molecule has 0 bridgehead atoms. The predicted octanol–water partition coefficient (Wildman–Crippen LogP) is 5.14. The molecule has 0 unspecified atom stereocenters. The second-order valence-electron chi connectivity index (χ2n) is 7.38. The number of anilines is 1. The lowest BCUT2D eigenvalue weighted by molar-refractivity contribution is 0.380. The minimum atomic E-state index is 0.334. The van der Waals surface area contributed by atoms with Crippen LogP contribution in [0.1, 0.15) is 43.8 Å². The summed E-state index contributed by atoms with van der Waals surface area (Å²) in [7, 11) is 4.00. The molecule has 136 valence electrons. The maximum Gasteiger partial charge on any atom is 0.153 e. The topological polar surface area (TPSA) is 31.6 Å². The van der Waals surface area contributed by atoms with E-state index in [4.69, 9.17) is 0 Å². The molecule has 0 amide bonds. The lowest BCUT2D eigenvalue weighted by Gasteiger charge is -2.25. The van der Waals surface area contributed by atoms with Gasteiger partial charge in [-0.25, -0.2) is 0 Å². The molecule has 1 saturated carbocycles. The number of rotatable bonds is 5. The first-order valence-electron chi connectivity index (χ1n) is 9.16. The quantitative estimate of drug-likeness (QED) is 0.674. The number of phenolic OH excluding ortho intramolecular Hbond substituents is 1. The zero-order valence-electron chi connectivity index (χ0n) is 15.0. The van der Waals surface area contributed by atoms with Crippen LogP contribution in [0.3, 0.4) is 0 Å². The van der Waals surface area contributed by atoms with E-state index in [1.165, 1.54) is 56.4 Å². The van der Waals surface area contributed by atoms with Gasteiger partial charge in [0.15, 0.2) is 5.75 Å². The van der Waals surface area contributed by atoms with E-state index in [1.54, 1.807) is 0 Å². The SMILES string of the molecule is CN(C)c1c(O)c(Br)cc2c1cc(CSN1CCCCC1)n2C1CC1. The van der Waals surface area contributed by atoms with Crippen molar-refractivity contribution < 1.29 is 5.11 Å². The normalized spacial score (nSPS) is 18.8. The zero-order valence-corrected chi connectivity index (χ0v) is 17.4. The molecule has 1 aromatic heterocycles. The number of phenols is 1. The number of piperidine rings is 1. The van der Waals surface area contributed by atoms with Gasteiger partial charge in [-0.3, -0.25) is 4.31 Å². The van der Waals surface area contributed by atoms with Crippen molar-refractivity contribution in [2.24, 2.45) is 0 Å². The molecule has 2 aliphatic rings. The van der Waals surface area contributed by atoms with Gasteiger partial charge in [0.25, 0.3) is 0 Å². The Hall–Kier alpha value is -0.850. The van der Waals surface area contributed by atoms with Crippen molar-refractivity contribution in [3.8, 4) is 5.75 Å². The number of hydrogen-bond acceptors (Lipinski definition) is 4. The minimum absolute atomic E-state index is 0.334. The lowest BCUT2D eigenvalue weighted by Crippen LogP contribution is -2.23. The fourth-order valence-electron chi connectivity index (χ4n) is 3.84. The molecule has 1 aliphatic heterocycles. The lowest BCUT2D eigenvalue weighted by atomic mass is 10.2. The van der Waals surface area contributed by atoms with Crippen LogP contribution in [0, 0.1) is 0 Å². The van der Waals surface area contributed by atoms with E-state index >= 15 is 0 Å². The highest BCUT2D eigenvalue weighted by Crippen LogP contribution is 2.47. The van der Waals surface area contributed by atoms with Gasteiger partial charge in [-0.2, -0.15) is 0 Å². The van der Waals surface area contributed by atoms with Gasteiger partial charge in [-0.15, -0.1) is 0 Å². The highest BCUT2D eigenvalue weighted by molar-refractivity contribution is 9.10. The highest BCUT2D eigenvalue weighted by atomic mass is 79.9. The molecule has 4 nitrogen and oxygen atoms in total. The molecule has 6 heteroatoms. The van der Waals surface area contributed by atoms with Gasteiger partial charge in [0.05, 0.1) is 15.7 Å². The molecule has 0 spiro atoms. The summed E-state index contributed by atoms with van der Waals surface area (Å²) in [5.74, 6) is 1.34. The fraction of sp³-hybridized carbons (Fsp3) is 0.579. The van der Waals surface area contributed by atoms with Crippen LogP contribution in [0.25, 0.3) is 10.9 Å². The molecule has 0 radical (unpaired) electrons.